The highest BCUT2D eigenvalue weighted by atomic mass is 16.3. The van der Waals surface area contributed by atoms with Crippen LogP contribution in [0.3, 0.4) is 0 Å². The number of rotatable bonds is 1. The van der Waals surface area contributed by atoms with Crippen molar-refractivity contribution in [3.63, 3.8) is 0 Å². The Balaban J connectivity index is 2.63. The minimum atomic E-state index is -0.106. The summed E-state index contributed by atoms with van der Waals surface area (Å²) < 4.78 is 0. The molecule has 15 heavy (non-hydrogen) atoms. The first kappa shape index (κ1) is 12.5. The third-order valence-electron chi connectivity index (χ3n) is 3.30. The highest BCUT2D eigenvalue weighted by molar-refractivity contribution is 5.15. The van der Waals surface area contributed by atoms with Gasteiger partial charge in [0.2, 0.25) is 0 Å². The fourth-order valence-corrected chi connectivity index (χ4v) is 2.09. The van der Waals surface area contributed by atoms with E-state index in [9.17, 15) is 5.11 Å². The third-order valence-corrected chi connectivity index (χ3v) is 3.30. The molecule has 0 aromatic carbocycles. The quantitative estimate of drug-likeness (QED) is 0.696. The number of hydrogen-bond donors (Lipinski definition) is 1. The molecule has 0 radical (unpaired) electrons. The van der Waals surface area contributed by atoms with Crippen molar-refractivity contribution in [2.45, 2.75) is 52.1 Å². The molecule has 1 rings (SSSR count). The van der Waals surface area contributed by atoms with Crippen molar-refractivity contribution < 1.29 is 5.11 Å². The molecule has 1 nitrogen and oxygen atoms in total. The number of aliphatic hydroxyl groups is 1. The van der Waals surface area contributed by atoms with E-state index in [2.05, 4.69) is 32.6 Å². The van der Waals surface area contributed by atoms with Gasteiger partial charge in [-0.05, 0) is 43.9 Å². The Kier molecular flexibility index (Phi) is 5.10. The molecule has 1 aliphatic rings. The largest absolute Gasteiger partial charge is 0.393 e. The molecule has 0 saturated heterocycles. The van der Waals surface area contributed by atoms with Gasteiger partial charge in [-0.2, -0.15) is 0 Å². The maximum atomic E-state index is 9.76. The van der Waals surface area contributed by atoms with Gasteiger partial charge in [0.15, 0.2) is 0 Å². The van der Waals surface area contributed by atoms with E-state index in [1.54, 1.807) is 0 Å². The molecule has 0 aromatic rings. The fourth-order valence-electron chi connectivity index (χ4n) is 2.09. The van der Waals surface area contributed by atoms with Crippen molar-refractivity contribution in [3.8, 4) is 0 Å². The summed E-state index contributed by atoms with van der Waals surface area (Å²) in [5.41, 5.74) is 1.20. The lowest BCUT2D eigenvalue weighted by Crippen LogP contribution is -2.13. The molecule has 0 heterocycles. The SMILES string of the molecule is C=C1C=CC(C(C)C)CCC(O)CCC1. The Morgan fingerprint density at radius 3 is 2.73 bits per heavy atom. The summed E-state index contributed by atoms with van der Waals surface area (Å²) in [5, 5.41) is 9.76. The molecular weight excluding hydrogens is 184 g/mol. The van der Waals surface area contributed by atoms with E-state index in [0.717, 1.165) is 32.1 Å². The van der Waals surface area contributed by atoms with Crippen LogP contribution in [0.5, 0.6) is 0 Å². The minimum absolute atomic E-state index is 0.106. The molecule has 0 saturated carbocycles. The molecule has 0 bridgehead atoms. The Morgan fingerprint density at radius 2 is 2.07 bits per heavy atom. The minimum Gasteiger partial charge on any atom is -0.393 e. The molecule has 0 aromatic heterocycles. The van der Waals surface area contributed by atoms with Crippen LogP contribution in [0.2, 0.25) is 0 Å². The highest BCUT2D eigenvalue weighted by Crippen LogP contribution is 2.24. The maximum absolute atomic E-state index is 9.76. The second-order valence-corrected chi connectivity index (χ2v) is 5.05. The van der Waals surface area contributed by atoms with Crippen LogP contribution in [0.4, 0.5) is 0 Å². The Hall–Kier alpha value is -0.560. The molecule has 2 atom stereocenters. The van der Waals surface area contributed by atoms with Gasteiger partial charge >= 0.3 is 0 Å². The van der Waals surface area contributed by atoms with E-state index < -0.39 is 0 Å². The van der Waals surface area contributed by atoms with Crippen LogP contribution < -0.4 is 0 Å². The lowest BCUT2D eigenvalue weighted by Gasteiger charge is -2.20. The summed E-state index contributed by atoms with van der Waals surface area (Å²) in [4.78, 5) is 0. The molecule has 1 heteroatoms. The van der Waals surface area contributed by atoms with Gasteiger partial charge in [0.05, 0.1) is 6.10 Å². The fraction of sp³-hybridized carbons (Fsp3) is 0.714. The van der Waals surface area contributed by atoms with Crippen LogP contribution in [0.1, 0.15) is 46.0 Å². The monoisotopic (exact) mass is 208 g/mol. The van der Waals surface area contributed by atoms with E-state index in [1.165, 1.54) is 5.57 Å². The van der Waals surface area contributed by atoms with Gasteiger partial charge in [-0.3, -0.25) is 0 Å². The predicted molar refractivity (Wildman–Crippen MR) is 65.7 cm³/mol. The molecule has 2 unspecified atom stereocenters. The summed E-state index contributed by atoms with van der Waals surface area (Å²) in [6, 6.07) is 0. The Morgan fingerprint density at radius 1 is 1.33 bits per heavy atom. The Labute approximate surface area is 93.9 Å². The summed E-state index contributed by atoms with van der Waals surface area (Å²) in [7, 11) is 0. The van der Waals surface area contributed by atoms with Crippen molar-refractivity contribution in [2.75, 3.05) is 0 Å². The zero-order chi connectivity index (χ0) is 11.3. The normalized spacial score (nSPS) is 29.5. The van der Waals surface area contributed by atoms with E-state index in [-0.39, 0.29) is 6.10 Å². The van der Waals surface area contributed by atoms with Crippen LogP contribution in [0.15, 0.2) is 24.3 Å². The van der Waals surface area contributed by atoms with Gasteiger partial charge in [-0.15, -0.1) is 0 Å². The molecule has 0 spiro atoms. The van der Waals surface area contributed by atoms with E-state index in [1.807, 2.05) is 0 Å². The molecule has 86 valence electrons. The lowest BCUT2D eigenvalue weighted by molar-refractivity contribution is 0.142. The molecule has 0 aliphatic heterocycles. The van der Waals surface area contributed by atoms with E-state index in [4.69, 9.17) is 0 Å². The first-order valence-corrected chi connectivity index (χ1v) is 6.13. The summed E-state index contributed by atoms with van der Waals surface area (Å²) in [6.45, 7) is 8.53. The summed E-state index contributed by atoms with van der Waals surface area (Å²) in [5.74, 6) is 1.25. The van der Waals surface area contributed by atoms with Gasteiger partial charge in [0, 0.05) is 0 Å². The van der Waals surface area contributed by atoms with Crippen LogP contribution in [0.25, 0.3) is 0 Å². The zero-order valence-corrected chi connectivity index (χ0v) is 10.1. The van der Waals surface area contributed by atoms with Crippen LogP contribution in [0, 0.1) is 11.8 Å². The molecule has 0 amide bonds. The predicted octanol–water partition coefficient (Wildman–Crippen LogP) is 3.70. The van der Waals surface area contributed by atoms with E-state index in [0.29, 0.717) is 11.8 Å². The second-order valence-electron chi connectivity index (χ2n) is 5.05. The van der Waals surface area contributed by atoms with Crippen molar-refractivity contribution in [3.05, 3.63) is 24.3 Å². The maximum Gasteiger partial charge on any atom is 0.0540 e. The van der Waals surface area contributed by atoms with Crippen molar-refractivity contribution in [1.29, 1.82) is 0 Å². The standard InChI is InChI=1S/C14H24O/c1-11(2)13-8-7-12(3)5-4-6-14(15)10-9-13/h7-8,11,13-15H,3-6,9-10H2,1-2H3. The third kappa shape index (κ3) is 4.65. The van der Waals surface area contributed by atoms with Gasteiger partial charge in [-0.1, -0.05) is 38.2 Å². The van der Waals surface area contributed by atoms with Crippen LogP contribution in [-0.4, -0.2) is 11.2 Å². The molecular formula is C14H24O. The van der Waals surface area contributed by atoms with Crippen molar-refractivity contribution >= 4 is 0 Å². The highest BCUT2D eigenvalue weighted by Gasteiger charge is 2.14. The van der Waals surface area contributed by atoms with Gasteiger partial charge in [0.25, 0.3) is 0 Å². The van der Waals surface area contributed by atoms with Gasteiger partial charge in [0.1, 0.15) is 0 Å². The molecule has 0 fully saturated rings. The lowest BCUT2D eigenvalue weighted by atomic mass is 9.87. The first-order chi connectivity index (χ1) is 7.09. The molecule has 1 N–H and O–H groups in total. The van der Waals surface area contributed by atoms with Gasteiger partial charge < -0.3 is 5.11 Å². The van der Waals surface area contributed by atoms with Crippen molar-refractivity contribution in [2.24, 2.45) is 11.8 Å². The van der Waals surface area contributed by atoms with Gasteiger partial charge in [-0.25, -0.2) is 0 Å². The number of aliphatic hydroxyl groups excluding tert-OH is 1. The zero-order valence-electron chi connectivity index (χ0n) is 10.1. The Bertz CT molecular complexity index is 227. The first-order valence-electron chi connectivity index (χ1n) is 6.13. The van der Waals surface area contributed by atoms with Crippen molar-refractivity contribution in [1.82, 2.24) is 0 Å². The van der Waals surface area contributed by atoms with Crippen LogP contribution >= 0.6 is 0 Å². The summed E-state index contributed by atoms with van der Waals surface area (Å²) >= 11 is 0. The average Bonchev–Trinajstić information content (AvgIpc) is 2.16. The topological polar surface area (TPSA) is 20.2 Å². The number of allylic oxidation sites excluding steroid dienone is 3. The van der Waals surface area contributed by atoms with E-state index >= 15 is 0 Å². The second kappa shape index (κ2) is 6.12. The smallest absolute Gasteiger partial charge is 0.0540 e. The van der Waals surface area contributed by atoms with Crippen LogP contribution in [-0.2, 0) is 0 Å². The number of hydrogen-bond acceptors (Lipinski definition) is 1. The molecule has 1 aliphatic carbocycles. The summed E-state index contributed by atoms with van der Waals surface area (Å²) in [6.07, 6.45) is 9.42. The average molecular weight is 208 g/mol.